The molecule has 1 aromatic rings. The maximum atomic E-state index is 11.2. The van der Waals surface area contributed by atoms with Crippen LogP contribution in [-0.2, 0) is 11.2 Å². The summed E-state index contributed by atoms with van der Waals surface area (Å²) in [6, 6.07) is 8.17. The third-order valence-electron chi connectivity index (χ3n) is 3.37. The van der Waals surface area contributed by atoms with Gasteiger partial charge in [0.25, 0.3) is 0 Å². The molecule has 0 aromatic heterocycles. The molecule has 98 valence electrons. The van der Waals surface area contributed by atoms with E-state index in [2.05, 4.69) is 17.2 Å². The van der Waals surface area contributed by atoms with E-state index in [0.717, 1.165) is 18.7 Å². The highest BCUT2D eigenvalue weighted by Gasteiger charge is 2.28. The minimum atomic E-state index is -0.681. The maximum absolute atomic E-state index is 11.2. The number of carbonyl (C=O) groups is 1. The van der Waals surface area contributed by atoms with Gasteiger partial charge in [0, 0.05) is 18.8 Å². The molecule has 2 rings (SSSR count). The van der Waals surface area contributed by atoms with E-state index in [1.165, 1.54) is 11.3 Å². The molecule has 1 aliphatic rings. The van der Waals surface area contributed by atoms with Gasteiger partial charge in [-0.1, -0.05) is 18.2 Å². The summed E-state index contributed by atoms with van der Waals surface area (Å²) in [6.45, 7) is 1.59. The summed E-state index contributed by atoms with van der Waals surface area (Å²) in [5, 5.41) is 9.22. The Morgan fingerprint density at radius 3 is 3.00 bits per heavy atom. The molecule has 0 spiro atoms. The van der Waals surface area contributed by atoms with E-state index in [4.69, 9.17) is 0 Å². The smallest absolute Gasteiger partial charge is 0.308 e. The molecular formula is C14H19NO2S. The van der Waals surface area contributed by atoms with E-state index in [9.17, 15) is 9.90 Å². The van der Waals surface area contributed by atoms with E-state index < -0.39 is 5.97 Å². The minimum Gasteiger partial charge on any atom is -0.481 e. The first kappa shape index (κ1) is 13.3. The molecule has 0 bridgehead atoms. The standard InChI is InChI=1S/C14H19NO2S/c1-18-8-4-7-15-10-12(14(16)17)9-11-5-2-3-6-13(11)15/h2-3,5-6,12H,4,7-10H2,1H3,(H,16,17). The second-order valence-electron chi connectivity index (χ2n) is 4.66. The van der Waals surface area contributed by atoms with Crippen molar-refractivity contribution in [1.29, 1.82) is 0 Å². The first-order valence-corrected chi connectivity index (χ1v) is 7.66. The third kappa shape index (κ3) is 2.99. The summed E-state index contributed by atoms with van der Waals surface area (Å²) in [4.78, 5) is 13.4. The number of aliphatic carboxylic acids is 1. The van der Waals surface area contributed by atoms with Crippen molar-refractivity contribution in [1.82, 2.24) is 0 Å². The normalized spacial score (nSPS) is 18.5. The minimum absolute atomic E-state index is 0.269. The molecule has 1 aliphatic heterocycles. The third-order valence-corrected chi connectivity index (χ3v) is 4.06. The number of hydrogen-bond donors (Lipinski definition) is 1. The number of nitrogens with zero attached hydrogens (tertiary/aromatic N) is 1. The number of thioether (sulfide) groups is 1. The monoisotopic (exact) mass is 265 g/mol. The summed E-state index contributed by atoms with van der Waals surface area (Å²) < 4.78 is 0. The Morgan fingerprint density at radius 2 is 2.28 bits per heavy atom. The van der Waals surface area contributed by atoms with Crippen molar-refractivity contribution in [2.45, 2.75) is 12.8 Å². The van der Waals surface area contributed by atoms with Gasteiger partial charge in [-0.25, -0.2) is 0 Å². The second-order valence-corrected chi connectivity index (χ2v) is 5.65. The number of para-hydroxylation sites is 1. The fourth-order valence-corrected chi connectivity index (χ4v) is 2.88. The van der Waals surface area contributed by atoms with Gasteiger partial charge in [0.15, 0.2) is 0 Å². The molecule has 0 radical (unpaired) electrons. The Bertz CT molecular complexity index is 422. The zero-order valence-electron chi connectivity index (χ0n) is 10.6. The predicted molar refractivity (Wildman–Crippen MR) is 76.5 cm³/mol. The van der Waals surface area contributed by atoms with E-state index in [0.29, 0.717) is 13.0 Å². The summed E-state index contributed by atoms with van der Waals surface area (Å²) in [6.07, 6.45) is 3.86. The van der Waals surface area contributed by atoms with Crippen molar-refractivity contribution in [2.24, 2.45) is 5.92 Å². The van der Waals surface area contributed by atoms with Crippen molar-refractivity contribution in [2.75, 3.05) is 30.0 Å². The van der Waals surface area contributed by atoms with Gasteiger partial charge in [-0.15, -0.1) is 0 Å². The quantitative estimate of drug-likeness (QED) is 0.831. The number of carboxylic acids is 1. The van der Waals surface area contributed by atoms with Gasteiger partial charge in [0.05, 0.1) is 5.92 Å². The highest BCUT2D eigenvalue weighted by molar-refractivity contribution is 7.98. The van der Waals surface area contributed by atoms with Crippen molar-refractivity contribution in [3.63, 3.8) is 0 Å². The molecule has 1 N–H and O–H groups in total. The van der Waals surface area contributed by atoms with Crippen LogP contribution in [0.5, 0.6) is 0 Å². The lowest BCUT2D eigenvalue weighted by Gasteiger charge is -2.34. The van der Waals surface area contributed by atoms with Crippen LogP contribution in [0, 0.1) is 5.92 Å². The summed E-state index contributed by atoms with van der Waals surface area (Å²) >= 11 is 1.84. The van der Waals surface area contributed by atoms with E-state index in [-0.39, 0.29) is 5.92 Å². The predicted octanol–water partition coefficient (Wildman–Crippen LogP) is 2.50. The average molecular weight is 265 g/mol. The Balaban J connectivity index is 2.14. The van der Waals surface area contributed by atoms with Crippen LogP contribution in [0.2, 0.25) is 0 Å². The van der Waals surface area contributed by atoms with Gasteiger partial charge in [-0.3, -0.25) is 4.79 Å². The fraction of sp³-hybridized carbons (Fsp3) is 0.500. The summed E-state index contributed by atoms with van der Waals surface area (Å²) in [7, 11) is 0. The zero-order valence-corrected chi connectivity index (χ0v) is 11.4. The Kier molecular flexibility index (Phi) is 4.53. The highest BCUT2D eigenvalue weighted by Crippen LogP contribution is 2.29. The number of fused-ring (bicyclic) bond motifs is 1. The largest absolute Gasteiger partial charge is 0.481 e. The van der Waals surface area contributed by atoms with Gasteiger partial charge in [0.1, 0.15) is 0 Å². The molecule has 18 heavy (non-hydrogen) atoms. The van der Waals surface area contributed by atoms with Crippen molar-refractivity contribution in [3.8, 4) is 0 Å². The number of benzene rings is 1. The van der Waals surface area contributed by atoms with Gasteiger partial charge in [0.2, 0.25) is 0 Å². The van der Waals surface area contributed by atoms with Crippen LogP contribution in [0.4, 0.5) is 5.69 Å². The topological polar surface area (TPSA) is 40.5 Å². The molecule has 1 heterocycles. The average Bonchev–Trinajstić information content (AvgIpc) is 2.38. The van der Waals surface area contributed by atoms with Crippen molar-refractivity contribution < 1.29 is 9.90 Å². The van der Waals surface area contributed by atoms with E-state index >= 15 is 0 Å². The number of hydrogen-bond acceptors (Lipinski definition) is 3. The van der Waals surface area contributed by atoms with Crippen LogP contribution in [-0.4, -0.2) is 36.2 Å². The van der Waals surface area contributed by atoms with Crippen LogP contribution >= 0.6 is 11.8 Å². The van der Waals surface area contributed by atoms with Gasteiger partial charge in [-0.05, 0) is 36.5 Å². The number of carboxylic acid groups (broad SMARTS) is 1. The molecule has 1 atom stereocenters. The Labute approximate surface area is 112 Å². The van der Waals surface area contributed by atoms with Gasteiger partial charge >= 0.3 is 5.97 Å². The van der Waals surface area contributed by atoms with E-state index in [1.807, 2.05) is 30.0 Å². The Morgan fingerprint density at radius 1 is 1.50 bits per heavy atom. The van der Waals surface area contributed by atoms with Crippen molar-refractivity contribution in [3.05, 3.63) is 29.8 Å². The first-order chi connectivity index (χ1) is 8.72. The second kappa shape index (κ2) is 6.14. The lowest BCUT2D eigenvalue weighted by molar-refractivity contribution is -0.141. The number of anilines is 1. The summed E-state index contributed by atoms with van der Waals surface area (Å²) in [5.74, 6) is 0.171. The fourth-order valence-electron chi connectivity index (χ4n) is 2.46. The van der Waals surface area contributed by atoms with Crippen LogP contribution in [0.1, 0.15) is 12.0 Å². The lowest BCUT2D eigenvalue weighted by Crippen LogP contribution is -2.39. The molecule has 1 aromatic carbocycles. The SMILES string of the molecule is CSCCCN1CC(C(=O)O)Cc2ccccc21. The molecule has 4 heteroatoms. The highest BCUT2D eigenvalue weighted by atomic mass is 32.2. The molecule has 0 aliphatic carbocycles. The van der Waals surface area contributed by atoms with Crippen molar-refractivity contribution >= 4 is 23.4 Å². The van der Waals surface area contributed by atoms with Crippen LogP contribution in [0.15, 0.2) is 24.3 Å². The van der Waals surface area contributed by atoms with E-state index in [1.54, 1.807) is 0 Å². The van der Waals surface area contributed by atoms with Gasteiger partial charge < -0.3 is 10.0 Å². The Hall–Kier alpha value is -1.16. The molecule has 0 saturated carbocycles. The number of rotatable bonds is 5. The molecular weight excluding hydrogens is 246 g/mol. The molecule has 0 saturated heterocycles. The van der Waals surface area contributed by atoms with Gasteiger partial charge in [-0.2, -0.15) is 11.8 Å². The maximum Gasteiger partial charge on any atom is 0.308 e. The van der Waals surface area contributed by atoms with Crippen LogP contribution in [0.25, 0.3) is 0 Å². The molecule has 0 fully saturated rings. The molecule has 0 amide bonds. The van der Waals surface area contributed by atoms with Crippen LogP contribution < -0.4 is 4.90 Å². The first-order valence-electron chi connectivity index (χ1n) is 6.27. The molecule has 1 unspecified atom stereocenters. The zero-order chi connectivity index (χ0) is 13.0. The van der Waals surface area contributed by atoms with Crippen LogP contribution in [0.3, 0.4) is 0 Å². The lowest BCUT2D eigenvalue weighted by atomic mass is 9.92. The summed E-state index contributed by atoms with van der Waals surface area (Å²) in [5.41, 5.74) is 2.39. The molecule has 3 nitrogen and oxygen atoms in total.